The Hall–Kier alpha value is -3.42. The van der Waals surface area contributed by atoms with Crippen molar-refractivity contribution in [1.29, 1.82) is 0 Å². The molecule has 0 aromatic heterocycles. The third-order valence-electron chi connectivity index (χ3n) is 4.07. The molecule has 0 saturated heterocycles. The lowest BCUT2D eigenvalue weighted by molar-refractivity contribution is -0.123. The molecule has 0 bridgehead atoms. The summed E-state index contributed by atoms with van der Waals surface area (Å²) >= 11 is 0. The predicted octanol–water partition coefficient (Wildman–Crippen LogP) is 3.68. The van der Waals surface area contributed by atoms with Gasteiger partial charge in [0.1, 0.15) is 0 Å². The van der Waals surface area contributed by atoms with Crippen molar-refractivity contribution >= 4 is 17.6 Å². The van der Waals surface area contributed by atoms with Gasteiger partial charge in [0.2, 0.25) is 0 Å². The highest BCUT2D eigenvalue weighted by molar-refractivity contribution is 5.97. The van der Waals surface area contributed by atoms with Crippen LogP contribution in [0.5, 0.6) is 23.0 Å². The van der Waals surface area contributed by atoms with E-state index >= 15 is 0 Å². The second kappa shape index (κ2) is 10.4. The van der Waals surface area contributed by atoms with E-state index < -0.39 is 18.0 Å². The smallest absolute Gasteiger partial charge is 0.339 e. The van der Waals surface area contributed by atoms with E-state index in [2.05, 4.69) is 5.32 Å². The average molecular weight is 417 g/mol. The van der Waals surface area contributed by atoms with E-state index in [1.807, 2.05) is 13.8 Å². The Kier molecular flexibility index (Phi) is 7.91. The molecule has 0 heterocycles. The van der Waals surface area contributed by atoms with Crippen molar-refractivity contribution in [1.82, 2.24) is 0 Å². The van der Waals surface area contributed by atoms with Crippen molar-refractivity contribution < 1.29 is 33.3 Å². The summed E-state index contributed by atoms with van der Waals surface area (Å²) in [7, 11) is 4.50. The zero-order valence-electron chi connectivity index (χ0n) is 18.0. The van der Waals surface area contributed by atoms with Crippen LogP contribution in [0, 0.1) is 0 Å². The lowest BCUT2D eigenvalue weighted by atomic mass is 10.2. The summed E-state index contributed by atoms with van der Waals surface area (Å²) < 4.78 is 26.6. The lowest BCUT2D eigenvalue weighted by Crippen LogP contribution is -2.30. The standard InChI is InChI=1S/C22H27NO7/c1-13(2)29-18-9-7-15(11-19(18)27-5)22(25)30-14(3)21(24)23-16-8-10-17(26-4)20(12-16)28-6/h7-14H,1-6H3,(H,23,24). The van der Waals surface area contributed by atoms with Gasteiger partial charge in [0.15, 0.2) is 29.1 Å². The number of hydrogen-bond acceptors (Lipinski definition) is 7. The number of amides is 1. The Morgan fingerprint density at radius 2 is 1.40 bits per heavy atom. The van der Waals surface area contributed by atoms with Gasteiger partial charge in [-0.25, -0.2) is 4.79 Å². The number of carbonyl (C=O) groups is 2. The van der Waals surface area contributed by atoms with Gasteiger partial charge in [-0.15, -0.1) is 0 Å². The minimum Gasteiger partial charge on any atom is -0.493 e. The normalized spacial score (nSPS) is 11.4. The number of methoxy groups -OCH3 is 3. The molecule has 0 spiro atoms. The third-order valence-corrected chi connectivity index (χ3v) is 4.07. The van der Waals surface area contributed by atoms with Gasteiger partial charge in [0.25, 0.3) is 5.91 Å². The van der Waals surface area contributed by atoms with Gasteiger partial charge in [-0.3, -0.25) is 4.79 Å². The fourth-order valence-corrected chi connectivity index (χ4v) is 2.59. The molecular weight excluding hydrogens is 390 g/mol. The van der Waals surface area contributed by atoms with E-state index in [1.54, 1.807) is 30.3 Å². The Morgan fingerprint density at radius 3 is 2.00 bits per heavy atom. The van der Waals surface area contributed by atoms with Gasteiger partial charge in [-0.05, 0) is 51.1 Å². The first kappa shape index (κ1) is 22.9. The number of anilines is 1. The number of benzene rings is 2. The molecule has 8 nitrogen and oxygen atoms in total. The quantitative estimate of drug-likeness (QED) is 0.622. The molecule has 0 aliphatic carbocycles. The molecule has 0 saturated carbocycles. The van der Waals surface area contributed by atoms with Gasteiger partial charge in [-0.1, -0.05) is 0 Å². The maximum Gasteiger partial charge on any atom is 0.339 e. The Balaban J connectivity index is 2.05. The molecule has 2 aromatic carbocycles. The molecule has 0 fully saturated rings. The molecule has 1 atom stereocenters. The summed E-state index contributed by atoms with van der Waals surface area (Å²) in [6.45, 7) is 5.27. The van der Waals surface area contributed by atoms with E-state index in [9.17, 15) is 9.59 Å². The Bertz CT molecular complexity index is 895. The number of carbonyl (C=O) groups excluding carboxylic acids is 2. The predicted molar refractivity (Wildman–Crippen MR) is 112 cm³/mol. The first-order valence-corrected chi connectivity index (χ1v) is 9.37. The van der Waals surface area contributed by atoms with Crippen LogP contribution < -0.4 is 24.3 Å². The summed E-state index contributed by atoms with van der Waals surface area (Å²) in [5.74, 6) is 0.787. The van der Waals surface area contributed by atoms with Crippen LogP contribution >= 0.6 is 0 Å². The molecule has 1 unspecified atom stereocenters. The maximum atomic E-state index is 12.5. The van der Waals surface area contributed by atoms with Gasteiger partial charge >= 0.3 is 5.97 Å². The average Bonchev–Trinajstić information content (AvgIpc) is 2.73. The Morgan fingerprint density at radius 1 is 0.800 bits per heavy atom. The number of hydrogen-bond donors (Lipinski definition) is 1. The molecular formula is C22H27NO7. The molecule has 0 radical (unpaired) electrons. The van der Waals surface area contributed by atoms with Crippen LogP contribution in [0.3, 0.4) is 0 Å². The SMILES string of the molecule is COc1ccc(NC(=O)C(C)OC(=O)c2ccc(OC(C)C)c(OC)c2)cc1OC. The fourth-order valence-electron chi connectivity index (χ4n) is 2.59. The molecule has 2 rings (SSSR count). The van der Waals surface area contributed by atoms with E-state index in [4.69, 9.17) is 23.7 Å². The molecule has 0 aliphatic heterocycles. The van der Waals surface area contributed by atoms with Crippen molar-refractivity contribution in [2.45, 2.75) is 33.0 Å². The van der Waals surface area contributed by atoms with Crippen molar-refractivity contribution in [3.63, 3.8) is 0 Å². The third kappa shape index (κ3) is 5.79. The number of esters is 1. The topological polar surface area (TPSA) is 92.3 Å². The van der Waals surface area contributed by atoms with Crippen molar-refractivity contribution in [2.75, 3.05) is 26.6 Å². The first-order chi connectivity index (χ1) is 14.3. The maximum absolute atomic E-state index is 12.5. The summed E-state index contributed by atoms with van der Waals surface area (Å²) in [4.78, 5) is 24.9. The van der Waals surface area contributed by atoms with Crippen LogP contribution in [0.25, 0.3) is 0 Å². The van der Waals surface area contributed by atoms with Crippen LogP contribution in [0.2, 0.25) is 0 Å². The summed E-state index contributed by atoms with van der Waals surface area (Å²) in [6.07, 6.45) is -1.07. The molecule has 162 valence electrons. The van der Waals surface area contributed by atoms with Crippen LogP contribution in [-0.2, 0) is 9.53 Å². The highest BCUT2D eigenvalue weighted by atomic mass is 16.5. The van der Waals surface area contributed by atoms with Crippen LogP contribution in [0.4, 0.5) is 5.69 Å². The number of ether oxygens (including phenoxy) is 5. The van der Waals surface area contributed by atoms with Crippen LogP contribution in [0.15, 0.2) is 36.4 Å². The van der Waals surface area contributed by atoms with Crippen molar-refractivity contribution in [2.24, 2.45) is 0 Å². The summed E-state index contributed by atoms with van der Waals surface area (Å²) in [5, 5.41) is 2.68. The summed E-state index contributed by atoms with van der Waals surface area (Å²) in [5.41, 5.74) is 0.728. The van der Waals surface area contributed by atoms with Crippen molar-refractivity contribution in [3.8, 4) is 23.0 Å². The van der Waals surface area contributed by atoms with Crippen LogP contribution in [0.1, 0.15) is 31.1 Å². The van der Waals surface area contributed by atoms with E-state index in [1.165, 1.54) is 34.3 Å². The second-order valence-corrected chi connectivity index (χ2v) is 6.64. The van der Waals surface area contributed by atoms with E-state index in [0.29, 0.717) is 28.7 Å². The van der Waals surface area contributed by atoms with Crippen LogP contribution in [-0.4, -0.2) is 45.4 Å². The number of rotatable bonds is 9. The second-order valence-electron chi connectivity index (χ2n) is 6.64. The largest absolute Gasteiger partial charge is 0.493 e. The monoisotopic (exact) mass is 417 g/mol. The minimum atomic E-state index is -1.02. The number of nitrogens with one attached hydrogen (secondary N) is 1. The molecule has 1 amide bonds. The molecule has 1 N–H and O–H groups in total. The molecule has 0 aliphatic rings. The highest BCUT2D eigenvalue weighted by Crippen LogP contribution is 2.30. The Labute approximate surface area is 176 Å². The summed E-state index contributed by atoms with van der Waals surface area (Å²) in [6, 6.07) is 9.64. The zero-order valence-corrected chi connectivity index (χ0v) is 18.0. The first-order valence-electron chi connectivity index (χ1n) is 9.37. The fraction of sp³-hybridized carbons (Fsp3) is 0.364. The minimum absolute atomic E-state index is 0.0444. The highest BCUT2D eigenvalue weighted by Gasteiger charge is 2.21. The van der Waals surface area contributed by atoms with Gasteiger partial charge in [0.05, 0.1) is 33.0 Å². The van der Waals surface area contributed by atoms with E-state index in [0.717, 1.165) is 0 Å². The molecule has 2 aromatic rings. The van der Waals surface area contributed by atoms with Gasteiger partial charge < -0.3 is 29.0 Å². The van der Waals surface area contributed by atoms with Crippen molar-refractivity contribution in [3.05, 3.63) is 42.0 Å². The lowest BCUT2D eigenvalue weighted by Gasteiger charge is -2.16. The molecule has 30 heavy (non-hydrogen) atoms. The molecule has 8 heteroatoms. The zero-order chi connectivity index (χ0) is 22.3. The van der Waals surface area contributed by atoms with E-state index in [-0.39, 0.29) is 11.7 Å². The van der Waals surface area contributed by atoms with Gasteiger partial charge in [0, 0.05) is 11.8 Å². The van der Waals surface area contributed by atoms with Gasteiger partial charge in [-0.2, -0.15) is 0 Å².